The summed E-state index contributed by atoms with van der Waals surface area (Å²) >= 11 is 0. The minimum atomic E-state index is -2.86. The fourth-order valence-corrected chi connectivity index (χ4v) is 4.24. The molecule has 0 saturated carbocycles. The molecule has 4 heteroatoms. The molecule has 0 spiro atoms. The Morgan fingerprint density at radius 1 is 1.25 bits per heavy atom. The van der Waals surface area contributed by atoms with Crippen molar-refractivity contribution in [2.24, 2.45) is 11.7 Å². The highest BCUT2D eigenvalue weighted by molar-refractivity contribution is 7.91. The monoisotopic (exact) mass is 239 g/mol. The molecule has 2 atom stereocenters. The second-order valence-electron chi connectivity index (χ2n) is 4.42. The highest BCUT2D eigenvalue weighted by atomic mass is 32.2. The van der Waals surface area contributed by atoms with Crippen LogP contribution in [0.15, 0.2) is 30.3 Å². The molecule has 1 aliphatic rings. The molecule has 0 radical (unpaired) electrons. The molecular formula is C12H17NO2S. The summed E-state index contributed by atoms with van der Waals surface area (Å²) in [6, 6.07) is 10.1. The summed E-state index contributed by atoms with van der Waals surface area (Å²) in [4.78, 5) is 0. The van der Waals surface area contributed by atoms with Gasteiger partial charge in [-0.3, -0.25) is 0 Å². The molecule has 1 aromatic rings. The second-order valence-corrected chi connectivity index (χ2v) is 6.64. The minimum Gasteiger partial charge on any atom is -0.330 e. The van der Waals surface area contributed by atoms with Crippen molar-refractivity contribution in [1.29, 1.82) is 0 Å². The van der Waals surface area contributed by atoms with Crippen LogP contribution in [0, 0.1) is 5.92 Å². The molecular weight excluding hydrogens is 222 g/mol. The topological polar surface area (TPSA) is 60.2 Å². The predicted molar refractivity (Wildman–Crippen MR) is 65.0 cm³/mol. The highest BCUT2D eigenvalue weighted by Crippen LogP contribution is 2.33. The van der Waals surface area contributed by atoms with Crippen LogP contribution in [0.3, 0.4) is 0 Å². The summed E-state index contributed by atoms with van der Waals surface area (Å²) in [6.45, 7) is 0.443. The smallest absolute Gasteiger partial charge is 0.150 e. The molecule has 0 aliphatic carbocycles. The van der Waals surface area contributed by atoms with Crippen LogP contribution in [0.25, 0.3) is 0 Å². The van der Waals surface area contributed by atoms with E-state index < -0.39 is 9.84 Å². The molecule has 1 heterocycles. The van der Waals surface area contributed by atoms with Crippen LogP contribution in [-0.2, 0) is 9.84 Å². The zero-order chi connectivity index (χ0) is 11.6. The first-order chi connectivity index (χ1) is 7.62. The summed E-state index contributed by atoms with van der Waals surface area (Å²) in [5, 5.41) is 0. The van der Waals surface area contributed by atoms with E-state index in [2.05, 4.69) is 12.1 Å². The summed E-state index contributed by atoms with van der Waals surface area (Å²) in [5.41, 5.74) is 6.90. The van der Waals surface area contributed by atoms with E-state index in [-0.39, 0.29) is 11.7 Å². The van der Waals surface area contributed by atoms with Crippen LogP contribution in [0.5, 0.6) is 0 Å². The third-order valence-corrected chi connectivity index (χ3v) is 5.10. The molecule has 1 aromatic carbocycles. The molecule has 1 aliphatic heterocycles. The van der Waals surface area contributed by atoms with Crippen molar-refractivity contribution in [2.75, 3.05) is 18.1 Å². The average molecular weight is 239 g/mol. The lowest BCUT2D eigenvalue weighted by Gasteiger charge is -2.30. The maximum absolute atomic E-state index is 11.5. The van der Waals surface area contributed by atoms with Gasteiger partial charge in [0.15, 0.2) is 9.84 Å². The van der Waals surface area contributed by atoms with Crippen LogP contribution in [0.2, 0.25) is 0 Å². The standard InChI is InChI=1S/C12H17NO2S/c13-8-11-9-16(14,15)7-6-12(11)10-4-2-1-3-5-10/h1-5,11-12H,6-9,13H2. The first-order valence-electron chi connectivity index (χ1n) is 5.58. The SMILES string of the molecule is NCC1CS(=O)(=O)CCC1c1ccccc1. The van der Waals surface area contributed by atoms with Gasteiger partial charge in [-0.1, -0.05) is 30.3 Å². The van der Waals surface area contributed by atoms with E-state index in [0.29, 0.717) is 24.6 Å². The predicted octanol–water partition coefficient (Wildman–Crippen LogP) is 1.16. The average Bonchev–Trinajstić information content (AvgIpc) is 2.29. The minimum absolute atomic E-state index is 0.0705. The van der Waals surface area contributed by atoms with Crippen molar-refractivity contribution < 1.29 is 8.42 Å². The normalized spacial score (nSPS) is 28.8. The molecule has 3 nitrogen and oxygen atoms in total. The van der Waals surface area contributed by atoms with Crippen molar-refractivity contribution in [3.05, 3.63) is 35.9 Å². The Hall–Kier alpha value is -0.870. The van der Waals surface area contributed by atoms with E-state index in [1.54, 1.807) is 0 Å². The zero-order valence-electron chi connectivity index (χ0n) is 9.17. The van der Waals surface area contributed by atoms with Crippen molar-refractivity contribution >= 4 is 9.84 Å². The molecule has 2 unspecified atom stereocenters. The first-order valence-corrected chi connectivity index (χ1v) is 7.40. The molecule has 2 rings (SSSR count). The summed E-state index contributed by atoms with van der Waals surface area (Å²) < 4.78 is 23.1. The van der Waals surface area contributed by atoms with Gasteiger partial charge in [0.2, 0.25) is 0 Å². The fourth-order valence-electron chi connectivity index (χ4n) is 2.44. The maximum Gasteiger partial charge on any atom is 0.150 e. The van der Waals surface area contributed by atoms with E-state index in [9.17, 15) is 8.42 Å². The van der Waals surface area contributed by atoms with E-state index >= 15 is 0 Å². The van der Waals surface area contributed by atoms with E-state index in [1.165, 1.54) is 5.56 Å². The molecule has 2 N–H and O–H groups in total. The highest BCUT2D eigenvalue weighted by Gasteiger charge is 2.32. The third kappa shape index (κ3) is 2.44. The number of rotatable bonds is 2. The molecule has 1 fully saturated rings. The van der Waals surface area contributed by atoms with Crippen LogP contribution in [0.4, 0.5) is 0 Å². The Bertz CT molecular complexity index is 441. The summed E-state index contributed by atoms with van der Waals surface area (Å²) in [7, 11) is -2.86. The molecule has 0 amide bonds. The van der Waals surface area contributed by atoms with Gasteiger partial charge in [-0.15, -0.1) is 0 Å². The Morgan fingerprint density at radius 3 is 2.56 bits per heavy atom. The van der Waals surface area contributed by atoms with Crippen LogP contribution >= 0.6 is 0 Å². The van der Waals surface area contributed by atoms with Gasteiger partial charge in [0.25, 0.3) is 0 Å². The largest absolute Gasteiger partial charge is 0.330 e. The Labute approximate surface area is 96.6 Å². The number of nitrogens with two attached hydrogens (primary N) is 1. The van der Waals surface area contributed by atoms with Gasteiger partial charge >= 0.3 is 0 Å². The number of benzene rings is 1. The number of hydrogen-bond donors (Lipinski definition) is 1. The van der Waals surface area contributed by atoms with Gasteiger partial charge < -0.3 is 5.73 Å². The number of sulfone groups is 1. The van der Waals surface area contributed by atoms with Crippen LogP contribution < -0.4 is 5.73 Å². The second kappa shape index (κ2) is 4.55. The zero-order valence-corrected chi connectivity index (χ0v) is 9.99. The molecule has 16 heavy (non-hydrogen) atoms. The van der Waals surface area contributed by atoms with Gasteiger partial charge in [0.05, 0.1) is 11.5 Å². The summed E-state index contributed by atoms with van der Waals surface area (Å²) in [5.74, 6) is 0.905. The maximum atomic E-state index is 11.5. The van der Waals surface area contributed by atoms with Crippen molar-refractivity contribution in [3.63, 3.8) is 0 Å². The lowest BCUT2D eigenvalue weighted by atomic mass is 9.85. The lowest BCUT2D eigenvalue weighted by Crippen LogP contribution is -2.35. The van der Waals surface area contributed by atoms with Crippen molar-refractivity contribution in [1.82, 2.24) is 0 Å². The molecule has 1 saturated heterocycles. The van der Waals surface area contributed by atoms with Gasteiger partial charge in [0, 0.05) is 0 Å². The van der Waals surface area contributed by atoms with Crippen molar-refractivity contribution in [2.45, 2.75) is 12.3 Å². The summed E-state index contributed by atoms with van der Waals surface area (Å²) in [6.07, 6.45) is 0.703. The van der Waals surface area contributed by atoms with Gasteiger partial charge in [-0.25, -0.2) is 8.42 Å². The Kier molecular flexibility index (Phi) is 3.30. The van der Waals surface area contributed by atoms with E-state index in [1.807, 2.05) is 18.2 Å². The molecule has 0 aromatic heterocycles. The van der Waals surface area contributed by atoms with E-state index in [0.717, 1.165) is 0 Å². The van der Waals surface area contributed by atoms with Crippen LogP contribution in [-0.4, -0.2) is 26.5 Å². The fraction of sp³-hybridized carbons (Fsp3) is 0.500. The van der Waals surface area contributed by atoms with Crippen LogP contribution in [0.1, 0.15) is 17.9 Å². The Balaban J connectivity index is 2.23. The van der Waals surface area contributed by atoms with Gasteiger partial charge in [0.1, 0.15) is 0 Å². The van der Waals surface area contributed by atoms with E-state index in [4.69, 9.17) is 5.73 Å². The quantitative estimate of drug-likeness (QED) is 0.842. The van der Waals surface area contributed by atoms with Crippen molar-refractivity contribution in [3.8, 4) is 0 Å². The first kappa shape index (κ1) is 11.6. The molecule has 88 valence electrons. The third-order valence-electron chi connectivity index (χ3n) is 3.31. The lowest BCUT2D eigenvalue weighted by molar-refractivity contribution is 0.432. The number of hydrogen-bond acceptors (Lipinski definition) is 3. The Morgan fingerprint density at radius 2 is 1.94 bits per heavy atom. The van der Waals surface area contributed by atoms with Gasteiger partial charge in [-0.2, -0.15) is 0 Å². The molecule has 0 bridgehead atoms. The van der Waals surface area contributed by atoms with Gasteiger partial charge in [-0.05, 0) is 30.4 Å².